The van der Waals surface area contributed by atoms with Crippen LogP contribution in [0.1, 0.15) is 38.4 Å². The average Bonchev–Trinajstić information content (AvgIpc) is 3.22. The Bertz CT molecular complexity index is 451. The van der Waals surface area contributed by atoms with Gasteiger partial charge in [-0.1, -0.05) is 13.8 Å². The van der Waals surface area contributed by atoms with Crippen LogP contribution in [0.5, 0.6) is 0 Å². The Morgan fingerprint density at radius 2 is 1.84 bits per heavy atom. The summed E-state index contributed by atoms with van der Waals surface area (Å²) in [5, 5.41) is 0. The summed E-state index contributed by atoms with van der Waals surface area (Å²) in [5.74, 6) is 2.36. The first kappa shape index (κ1) is 13.3. The molecular formula is C14H21BrN4. The van der Waals surface area contributed by atoms with Gasteiger partial charge >= 0.3 is 0 Å². The van der Waals surface area contributed by atoms with E-state index in [2.05, 4.69) is 44.6 Å². The minimum atomic E-state index is 0.365. The van der Waals surface area contributed by atoms with Crippen LogP contribution in [0.15, 0.2) is 10.7 Å². The van der Waals surface area contributed by atoms with Crippen LogP contribution in [0, 0.1) is 0 Å². The van der Waals surface area contributed by atoms with Crippen molar-refractivity contribution in [1.82, 2.24) is 14.9 Å². The van der Waals surface area contributed by atoms with E-state index in [4.69, 9.17) is 4.98 Å². The fourth-order valence-corrected chi connectivity index (χ4v) is 2.99. The Morgan fingerprint density at radius 1 is 1.16 bits per heavy atom. The zero-order chi connectivity index (χ0) is 13.4. The molecule has 1 aliphatic carbocycles. The molecule has 5 heteroatoms. The summed E-state index contributed by atoms with van der Waals surface area (Å²) in [4.78, 5) is 14.2. The predicted octanol–water partition coefficient (Wildman–Crippen LogP) is 2.65. The van der Waals surface area contributed by atoms with Crippen LogP contribution in [0.3, 0.4) is 0 Å². The van der Waals surface area contributed by atoms with Crippen molar-refractivity contribution in [2.24, 2.45) is 0 Å². The first-order chi connectivity index (χ1) is 9.13. The molecule has 0 radical (unpaired) electrons. The lowest BCUT2D eigenvalue weighted by Crippen LogP contribution is -2.47. The highest BCUT2D eigenvalue weighted by Crippen LogP contribution is 2.28. The van der Waals surface area contributed by atoms with Gasteiger partial charge in [0.25, 0.3) is 0 Å². The van der Waals surface area contributed by atoms with Gasteiger partial charge in [-0.2, -0.15) is 0 Å². The lowest BCUT2D eigenvalue weighted by molar-refractivity contribution is 0.247. The van der Waals surface area contributed by atoms with Crippen LogP contribution in [-0.2, 0) is 0 Å². The van der Waals surface area contributed by atoms with E-state index in [-0.39, 0.29) is 0 Å². The monoisotopic (exact) mass is 324 g/mol. The van der Waals surface area contributed by atoms with Crippen LogP contribution < -0.4 is 4.90 Å². The van der Waals surface area contributed by atoms with Gasteiger partial charge in [-0.05, 0) is 28.8 Å². The first-order valence-corrected chi connectivity index (χ1v) is 7.96. The number of nitrogens with zero attached hydrogens (tertiary/aromatic N) is 4. The molecule has 104 valence electrons. The minimum absolute atomic E-state index is 0.365. The molecule has 0 aromatic carbocycles. The highest BCUT2D eigenvalue weighted by atomic mass is 79.9. The van der Waals surface area contributed by atoms with Gasteiger partial charge in [-0.15, -0.1) is 0 Å². The molecule has 1 aliphatic heterocycles. The molecule has 4 nitrogen and oxygen atoms in total. The van der Waals surface area contributed by atoms with Gasteiger partial charge in [0.05, 0.1) is 0 Å². The number of rotatable bonds is 3. The lowest BCUT2D eigenvalue weighted by atomic mass is 10.2. The fourth-order valence-electron chi connectivity index (χ4n) is 2.60. The van der Waals surface area contributed by atoms with E-state index in [1.807, 2.05) is 6.07 Å². The standard InChI is InChI=1S/C14H21BrN4/c1-10(2)14-16-12(15)9-13(17-14)19-7-5-18(6-8-19)11-3-4-11/h9-11H,3-8H2,1-2H3. The Morgan fingerprint density at radius 3 is 2.42 bits per heavy atom. The number of hydrogen-bond donors (Lipinski definition) is 0. The average molecular weight is 325 g/mol. The quantitative estimate of drug-likeness (QED) is 0.800. The molecule has 3 rings (SSSR count). The molecule has 2 heterocycles. The summed E-state index contributed by atoms with van der Waals surface area (Å²) in [6, 6.07) is 2.92. The number of aromatic nitrogens is 2. The van der Waals surface area contributed by atoms with Crippen molar-refractivity contribution in [3.63, 3.8) is 0 Å². The van der Waals surface area contributed by atoms with Crippen molar-refractivity contribution in [1.29, 1.82) is 0 Å². The molecule has 0 N–H and O–H groups in total. The van der Waals surface area contributed by atoms with Crippen molar-refractivity contribution in [2.45, 2.75) is 38.6 Å². The van der Waals surface area contributed by atoms with Gasteiger partial charge in [-0.3, -0.25) is 4.90 Å². The summed E-state index contributed by atoms with van der Waals surface area (Å²) in [6.45, 7) is 8.77. The second-order valence-corrected chi connectivity index (χ2v) is 6.63. The molecule has 1 aromatic heterocycles. The Kier molecular flexibility index (Phi) is 3.76. The third-order valence-corrected chi connectivity index (χ3v) is 4.32. The van der Waals surface area contributed by atoms with E-state index in [1.54, 1.807) is 0 Å². The third-order valence-electron chi connectivity index (χ3n) is 3.92. The summed E-state index contributed by atoms with van der Waals surface area (Å²) >= 11 is 3.50. The van der Waals surface area contributed by atoms with Crippen LogP contribution in [0.25, 0.3) is 0 Å². The van der Waals surface area contributed by atoms with Gasteiger partial charge in [-0.25, -0.2) is 9.97 Å². The van der Waals surface area contributed by atoms with Crippen molar-refractivity contribution in [3.05, 3.63) is 16.5 Å². The number of halogens is 1. The summed E-state index contributed by atoms with van der Waals surface area (Å²) in [5.41, 5.74) is 0. The summed E-state index contributed by atoms with van der Waals surface area (Å²) in [7, 11) is 0. The van der Waals surface area contributed by atoms with E-state index >= 15 is 0 Å². The third kappa shape index (κ3) is 3.08. The first-order valence-electron chi connectivity index (χ1n) is 7.17. The Hall–Kier alpha value is -0.680. The predicted molar refractivity (Wildman–Crippen MR) is 80.6 cm³/mol. The lowest BCUT2D eigenvalue weighted by Gasteiger charge is -2.35. The van der Waals surface area contributed by atoms with E-state index in [0.717, 1.165) is 35.4 Å². The van der Waals surface area contributed by atoms with Crippen LogP contribution in [-0.4, -0.2) is 47.1 Å². The topological polar surface area (TPSA) is 32.3 Å². The maximum atomic E-state index is 4.71. The molecule has 0 unspecified atom stereocenters. The summed E-state index contributed by atoms with van der Waals surface area (Å²) < 4.78 is 0.894. The van der Waals surface area contributed by atoms with E-state index in [0.29, 0.717) is 5.92 Å². The molecular weight excluding hydrogens is 304 g/mol. The molecule has 0 atom stereocenters. The number of anilines is 1. The normalized spacial score (nSPS) is 21.2. The Balaban J connectivity index is 1.71. The zero-order valence-corrected chi connectivity index (χ0v) is 13.2. The maximum Gasteiger partial charge on any atom is 0.134 e. The molecule has 19 heavy (non-hydrogen) atoms. The zero-order valence-electron chi connectivity index (χ0n) is 11.6. The highest BCUT2D eigenvalue weighted by molar-refractivity contribution is 9.10. The number of hydrogen-bond acceptors (Lipinski definition) is 4. The van der Waals surface area contributed by atoms with Crippen molar-refractivity contribution < 1.29 is 0 Å². The van der Waals surface area contributed by atoms with Crippen LogP contribution >= 0.6 is 15.9 Å². The van der Waals surface area contributed by atoms with Gasteiger partial charge in [0, 0.05) is 44.2 Å². The van der Waals surface area contributed by atoms with Gasteiger partial charge in [0.15, 0.2) is 0 Å². The van der Waals surface area contributed by atoms with Crippen molar-refractivity contribution in [3.8, 4) is 0 Å². The molecule has 1 aromatic rings. The molecule has 1 saturated carbocycles. The second kappa shape index (κ2) is 5.37. The van der Waals surface area contributed by atoms with Gasteiger partial charge in [0.1, 0.15) is 16.2 Å². The van der Waals surface area contributed by atoms with E-state index in [1.165, 1.54) is 25.9 Å². The highest BCUT2D eigenvalue weighted by Gasteiger charge is 2.31. The van der Waals surface area contributed by atoms with Crippen molar-refractivity contribution >= 4 is 21.7 Å². The molecule has 0 bridgehead atoms. The van der Waals surface area contributed by atoms with E-state index < -0.39 is 0 Å². The molecule has 1 saturated heterocycles. The number of piperazine rings is 1. The van der Waals surface area contributed by atoms with Crippen LogP contribution in [0.4, 0.5) is 5.82 Å². The van der Waals surface area contributed by atoms with Gasteiger partial charge in [0.2, 0.25) is 0 Å². The summed E-state index contributed by atoms with van der Waals surface area (Å²) in [6.07, 6.45) is 2.80. The van der Waals surface area contributed by atoms with Crippen LogP contribution in [0.2, 0.25) is 0 Å². The van der Waals surface area contributed by atoms with E-state index in [9.17, 15) is 0 Å². The van der Waals surface area contributed by atoms with Gasteiger partial charge < -0.3 is 4.90 Å². The molecule has 2 aliphatic rings. The largest absolute Gasteiger partial charge is 0.354 e. The molecule has 2 fully saturated rings. The molecule has 0 amide bonds. The Labute approximate surface area is 123 Å². The second-order valence-electron chi connectivity index (χ2n) is 5.82. The molecule has 0 spiro atoms. The minimum Gasteiger partial charge on any atom is -0.354 e. The SMILES string of the molecule is CC(C)c1nc(Br)cc(N2CCN(C3CC3)CC2)n1. The smallest absolute Gasteiger partial charge is 0.134 e. The van der Waals surface area contributed by atoms with Crippen molar-refractivity contribution in [2.75, 3.05) is 31.1 Å². The fraction of sp³-hybridized carbons (Fsp3) is 0.714. The maximum absolute atomic E-state index is 4.71.